The van der Waals surface area contributed by atoms with Gasteiger partial charge in [-0.2, -0.15) is 8.42 Å². The molecule has 0 heterocycles. The standard InChI is InChI=1S/C14H22O4S.ClH/c1-13(2,3)10-7-9(15)8-11(14(4,5)6)12(10)19(16,17)18;/h7-8,15H,1-6H3,(H,16,17,18);1H. The molecule has 116 valence electrons. The zero-order chi connectivity index (χ0) is 15.2. The second-order valence-electron chi connectivity index (χ2n) is 6.85. The maximum Gasteiger partial charge on any atom is 0.295 e. The molecule has 1 aromatic carbocycles. The van der Waals surface area contributed by atoms with Crippen LogP contribution in [0.25, 0.3) is 0 Å². The zero-order valence-corrected chi connectivity index (χ0v) is 14.3. The minimum Gasteiger partial charge on any atom is -0.508 e. The van der Waals surface area contributed by atoms with Crippen LogP contribution >= 0.6 is 12.4 Å². The number of phenols is 1. The normalized spacial score (nSPS) is 12.9. The fourth-order valence-corrected chi connectivity index (χ4v) is 3.29. The van der Waals surface area contributed by atoms with Gasteiger partial charge in [-0.25, -0.2) is 0 Å². The van der Waals surface area contributed by atoms with E-state index >= 15 is 0 Å². The largest absolute Gasteiger partial charge is 0.508 e. The van der Waals surface area contributed by atoms with Crippen molar-refractivity contribution < 1.29 is 18.1 Å². The molecule has 1 aromatic rings. The quantitative estimate of drug-likeness (QED) is 0.774. The minimum atomic E-state index is -4.36. The highest BCUT2D eigenvalue weighted by Gasteiger charge is 2.32. The predicted molar refractivity (Wildman–Crippen MR) is 82.6 cm³/mol. The number of hydrogen-bond donors (Lipinski definition) is 2. The summed E-state index contributed by atoms with van der Waals surface area (Å²) in [5.74, 6) is 0.00208. The molecule has 4 nitrogen and oxygen atoms in total. The third-order valence-electron chi connectivity index (χ3n) is 2.95. The third-order valence-corrected chi connectivity index (χ3v) is 3.90. The lowest BCUT2D eigenvalue weighted by Crippen LogP contribution is -2.23. The molecule has 0 saturated carbocycles. The number of phenolic OH excluding ortho intramolecular Hbond substituents is 1. The first-order chi connectivity index (χ1) is 8.24. The van der Waals surface area contributed by atoms with Gasteiger partial charge in [-0.05, 0) is 34.1 Å². The van der Waals surface area contributed by atoms with E-state index in [0.717, 1.165) is 0 Å². The average molecular weight is 323 g/mol. The van der Waals surface area contributed by atoms with Gasteiger partial charge in [-0.3, -0.25) is 4.55 Å². The van der Waals surface area contributed by atoms with Crippen molar-refractivity contribution in [2.45, 2.75) is 57.3 Å². The summed E-state index contributed by atoms with van der Waals surface area (Å²) in [7, 11) is -4.36. The summed E-state index contributed by atoms with van der Waals surface area (Å²) in [5, 5.41) is 9.83. The van der Waals surface area contributed by atoms with Crippen LogP contribution < -0.4 is 0 Å². The monoisotopic (exact) mass is 322 g/mol. The first-order valence-electron chi connectivity index (χ1n) is 6.10. The Morgan fingerprint density at radius 1 is 0.900 bits per heavy atom. The van der Waals surface area contributed by atoms with Crippen LogP contribution in [0.5, 0.6) is 5.75 Å². The van der Waals surface area contributed by atoms with Crippen LogP contribution in [-0.4, -0.2) is 18.1 Å². The molecule has 0 radical (unpaired) electrons. The van der Waals surface area contributed by atoms with Crippen LogP contribution in [0.3, 0.4) is 0 Å². The highest BCUT2D eigenvalue weighted by Crippen LogP contribution is 2.39. The summed E-state index contributed by atoms with van der Waals surface area (Å²) in [5.41, 5.74) is -0.187. The molecule has 0 aliphatic heterocycles. The minimum absolute atomic E-state index is 0. The van der Waals surface area contributed by atoms with E-state index in [1.807, 2.05) is 41.5 Å². The van der Waals surface area contributed by atoms with Crippen molar-refractivity contribution in [3.63, 3.8) is 0 Å². The van der Waals surface area contributed by atoms with E-state index in [9.17, 15) is 18.1 Å². The number of aromatic hydroxyl groups is 1. The smallest absolute Gasteiger partial charge is 0.295 e. The number of hydrogen-bond acceptors (Lipinski definition) is 3. The highest BCUT2D eigenvalue weighted by atomic mass is 35.5. The Labute approximate surface area is 127 Å². The molecule has 0 spiro atoms. The van der Waals surface area contributed by atoms with Crippen molar-refractivity contribution in [1.29, 1.82) is 0 Å². The van der Waals surface area contributed by atoms with Gasteiger partial charge in [0.05, 0.1) is 0 Å². The molecule has 0 saturated heterocycles. The van der Waals surface area contributed by atoms with Crippen molar-refractivity contribution in [3.8, 4) is 5.75 Å². The Morgan fingerprint density at radius 3 is 1.40 bits per heavy atom. The van der Waals surface area contributed by atoms with E-state index in [-0.39, 0.29) is 23.1 Å². The molecule has 0 atom stereocenters. The van der Waals surface area contributed by atoms with Gasteiger partial charge in [0.2, 0.25) is 0 Å². The van der Waals surface area contributed by atoms with Crippen LogP contribution in [0.1, 0.15) is 52.7 Å². The summed E-state index contributed by atoms with van der Waals surface area (Å²) < 4.78 is 33.1. The number of rotatable bonds is 1. The van der Waals surface area contributed by atoms with E-state index in [2.05, 4.69) is 0 Å². The summed E-state index contributed by atoms with van der Waals surface area (Å²) in [6.07, 6.45) is 0. The molecule has 6 heteroatoms. The Hall–Kier alpha value is -0.780. The highest BCUT2D eigenvalue weighted by molar-refractivity contribution is 7.86. The Kier molecular flexibility index (Phi) is 5.33. The molecular formula is C14H23ClO4S. The maximum atomic E-state index is 11.8. The molecule has 0 bridgehead atoms. The molecule has 0 aliphatic rings. The summed E-state index contributed by atoms with van der Waals surface area (Å²) in [6, 6.07) is 2.80. The number of halogens is 1. The van der Waals surface area contributed by atoms with Gasteiger partial charge in [0.1, 0.15) is 10.6 Å². The maximum absolute atomic E-state index is 11.8. The average Bonchev–Trinajstić information content (AvgIpc) is 2.11. The second kappa shape index (κ2) is 5.54. The first-order valence-corrected chi connectivity index (χ1v) is 7.54. The predicted octanol–water partition coefficient (Wildman–Crippen LogP) is 3.66. The Balaban J connectivity index is 0.00000361. The van der Waals surface area contributed by atoms with Gasteiger partial charge in [-0.15, -0.1) is 12.4 Å². The van der Waals surface area contributed by atoms with Gasteiger partial charge in [0, 0.05) is 0 Å². The lowest BCUT2D eigenvalue weighted by molar-refractivity contribution is 0.450. The molecule has 0 unspecified atom stereocenters. The van der Waals surface area contributed by atoms with E-state index in [0.29, 0.717) is 11.1 Å². The van der Waals surface area contributed by atoms with Gasteiger partial charge < -0.3 is 5.11 Å². The van der Waals surface area contributed by atoms with Crippen molar-refractivity contribution in [2.24, 2.45) is 0 Å². The molecule has 0 fully saturated rings. The van der Waals surface area contributed by atoms with Crippen molar-refractivity contribution >= 4 is 22.5 Å². The molecule has 0 aliphatic carbocycles. The molecule has 2 N–H and O–H groups in total. The first kappa shape index (κ1) is 19.2. The molecule has 0 amide bonds. The van der Waals surface area contributed by atoms with Crippen LogP contribution in [0.2, 0.25) is 0 Å². The SMILES string of the molecule is CC(C)(C)c1cc(O)cc(C(C)(C)C)c1S(=O)(=O)O.Cl. The second-order valence-corrected chi connectivity index (χ2v) is 8.20. The van der Waals surface area contributed by atoms with E-state index in [1.54, 1.807) is 0 Å². The van der Waals surface area contributed by atoms with Crippen LogP contribution in [-0.2, 0) is 20.9 Å². The molecule has 0 aromatic heterocycles. The molecule has 20 heavy (non-hydrogen) atoms. The van der Waals surface area contributed by atoms with Crippen LogP contribution in [0.15, 0.2) is 17.0 Å². The van der Waals surface area contributed by atoms with Gasteiger partial charge >= 0.3 is 0 Å². The van der Waals surface area contributed by atoms with Gasteiger partial charge in [0.15, 0.2) is 0 Å². The number of benzene rings is 1. The van der Waals surface area contributed by atoms with Crippen LogP contribution in [0.4, 0.5) is 0 Å². The van der Waals surface area contributed by atoms with Crippen molar-refractivity contribution in [2.75, 3.05) is 0 Å². The fourth-order valence-electron chi connectivity index (χ4n) is 2.01. The lowest BCUT2D eigenvalue weighted by atomic mass is 9.80. The van der Waals surface area contributed by atoms with E-state index in [4.69, 9.17) is 0 Å². The summed E-state index contributed by atoms with van der Waals surface area (Å²) in [4.78, 5) is -0.0923. The van der Waals surface area contributed by atoms with Gasteiger partial charge in [0.25, 0.3) is 10.1 Å². The van der Waals surface area contributed by atoms with E-state index < -0.39 is 20.9 Å². The Morgan fingerprint density at radius 2 is 1.20 bits per heavy atom. The third kappa shape index (κ3) is 4.11. The van der Waals surface area contributed by atoms with Crippen molar-refractivity contribution in [3.05, 3.63) is 23.3 Å². The van der Waals surface area contributed by atoms with E-state index in [1.165, 1.54) is 12.1 Å². The summed E-state index contributed by atoms with van der Waals surface area (Å²) >= 11 is 0. The van der Waals surface area contributed by atoms with Crippen molar-refractivity contribution in [1.82, 2.24) is 0 Å². The fraction of sp³-hybridized carbons (Fsp3) is 0.571. The lowest BCUT2D eigenvalue weighted by Gasteiger charge is -2.28. The Bertz CT molecular complexity index is 558. The molecular weight excluding hydrogens is 300 g/mol. The zero-order valence-electron chi connectivity index (χ0n) is 12.7. The summed E-state index contributed by atoms with van der Waals surface area (Å²) in [6.45, 7) is 11.0. The molecule has 1 rings (SSSR count). The van der Waals surface area contributed by atoms with Crippen LogP contribution in [0, 0.1) is 0 Å². The van der Waals surface area contributed by atoms with Gasteiger partial charge in [-0.1, -0.05) is 41.5 Å². The topological polar surface area (TPSA) is 74.6 Å².